The molecule has 1 saturated carbocycles. The van der Waals surface area contributed by atoms with Gasteiger partial charge in [0.1, 0.15) is 5.84 Å². The van der Waals surface area contributed by atoms with E-state index in [9.17, 15) is 0 Å². The van der Waals surface area contributed by atoms with Crippen LogP contribution >= 0.6 is 11.8 Å². The number of oxime groups is 1. The van der Waals surface area contributed by atoms with Gasteiger partial charge in [0, 0.05) is 23.8 Å². The van der Waals surface area contributed by atoms with E-state index in [0.717, 1.165) is 11.8 Å². The maximum absolute atomic E-state index is 8.54. The van der Waals surface area contributed by atoms with Crippen molar-refractivity contribution in [3.63, 3.8) is 0 Å². The Hall–Kier alpha value is -0.420. The van der Waals surface area contributed by atoms with Crippen LogP contribution in [0.3, 0.4) is 0 Å². The van der Waals surface area contributed by atoms with Gasteiger partial charge >= 0.3 is 0 Å². The lowest BCUT2D eigenvalue weighted by molar-refractivity contribution is 0.312. The lowest BCUT2D eigenvalue weighted by atomic mass is 9.94. The van der Waals surface area contributed by atoms with Crippen LogP contribution in [-0.2, 0) is 0 Å². The van der Waals surface area contributed by atoms with Crippen molar-refractivity contribution in [2.75, 3.05) is 12.8 Å². The second-order valence-electron chi connectivity index (χ2n) is 4.54. The molecule has 1 atom stereocenters. The maximum atomic E-state index is 8.54. The molecule has 0 aliphatic heterocycles. The van der Waals surface area contributed by atoms with Gasteiger partial charge in [-0.15, -0.1) is 0 Å². The van der Waals surface area contributed by atoms with E-state index in [4.69, 9.17) is 10.9 Å². The fraction of sp³-hybridized carbons (Fsp3) is 0.909. The molecule has 0 aromatic rings. The molecule has 0 radical (unpaired) electrons. The summed E-state index contributed by atoms with van der Waals surface area (Å²) in [6.07, 6.45) is 7.29. The van der Waals surface area contributed by atoms with Crippen LogP contribution < -0.4 is 11.1 Å². The van der Waals surface area contributed by atoms with Gasteiger partial charge in [0.25, 0.3) is 0 Å². The molecule has 1 aliphatic rings. The summed E-state index contributed by atoms with van der Waals surface area (Å²) in [5.41, 5.74) is 5.53. The highest BCUT2D eigenvalue weighted by Crippen LogP contribution is 2.26. The Morgan fingerprint density at radius 2 is 2.12 bits per heavy atom. The zero-order valence-corrected chi connectivity index (χ0v) is 11.0. The van der Waals surface area contributed by atoms with Crippen LogP contribution in [0.1, 0.15) is 32.6 Å². The van der Waals surface area contributed by atoms with E-state index in [1.165, 1.54) is 25.7 Å². The van der Waals surface area contributed by atoms with E-state index < -0.39 is 0 Å². The standard InChI is InChI=1S/C11H23N3OS/c1-8(11(12)14-15)7-13-9-3-5-10(16-2)6-4-9/h8-10,13,15H,3-7H2,1-2H3,(H2,12,14). The highest BCUT2D eigenvalue weighted by Gasteiger charge is 2.20. The molecule has 1 aliphatic carbocycles. The monoisotopic (exact) mass is 245 g/mol. The lowest BCUT2D eigenvalue weighted by Crippen LogP contribution is -2.39. The second-order valence-corrected chi connectivity index (χ2v) is 5.68. The number of thioether (sulfide) groups is 1. The quantitative estimate of drug-likeness (QED) is 0.298. The van der Waals surface area contributed by atoms with Gasteiger partial charge < -0.3 is 16.3 Å². The molecule has 0 heterocycles. The molecule has 0 aromatic carbocycles. The summed E-state index contributed by atoms with van der Waals surface area (Å²) < 4.78 is 0. The molecule has 0 aromatic heterocycles. The van der Waals surface area contributed by atoms with Crippen molar-refractivity contribution < 1.29 is 5.21 Å². The van der Waals surface area contributed by atoms with E-state index in [0.29, 0.717) is 11.9 Å². The van der Waals surface area contributed by atoms with Crippen LogP contribution in [0.4, 0.5) is 0 Å². The normalized spacial score (nSPS) is 29.0. The second kappa shape index (κ2) is 7.01. The first kappa shape index (κ1) is 13.6. The van der Waals surface area contributed by atoms with Gasteiger partial charge in [0.2, 0.25) is 0 Å². The molecule has 0 saturated heterocycles. The molecule has 4 nitrogen and oxygen atoms in total. The molecule has 1 fully saturated rings. The van der Waals surface area contributed by atoms with Crippen LogP contribution in [0.15, 0.2) is 5.16 Å². The van der Waals surface area contributed by atoms with E-state index in [1.807, 2.05) is 18.7 Å². The Labute approximate surface area is 102 Å². The summed E-state index contributed by atoms with van der Waals surface area (Å²) in [6, 6.07) is 0.609. The largest absolute Gasteiger partial charge is 0.409 e. The number of hydrogen-bond donors (Lipinski definition) is 3. The summed E-state index contributed by atoms with van der Waals surface area (Å²) in [5, 5.41) is 15.9. The number of amidine groups is 1. The van der Waals surface area contributed by atoms with Gasteiger partial charge in [0.15, 0.2) is 0 Å². The van der Waals surface area contributed by atoms with E-state index >= 15 is 0 Å². The van der Waals surface area contributed by atoms with Crippen LogP contribution in [0.5, 0.6) is 0 Å². The zero-order valence-electron chi connectivity index (χ0n) is 10.1. The van der Waals surface area contributed by atoms with Crippen molar-refractivity contribution in [2.24, 2.45) is 16.8 Å². The first-order valence-corrected chi connectivity index (χ1v) is 7.19. The molecule has 0 amide bonds. The van der Waals surface area contributed by atoms with Gasteiger partial charge in [0.05, 0.1) is 0 Å². The third kappa shape index (κ3) is 4.22. The smallest absolute Gasteiger partial charge is 0.143 e. The Morgan fingerprint density at radius 1 is 1.50 bits per heavy atom. The van der Waals surface area contributed by atoms with Gasteiger partial charge in [-0.05, 0) is 31.9 Å². The first-order chi connectivity index (χ1) is 7.67. The highest BCUT2D eigenvalue weighted by atomic mass is 32.2. The summed E-state index contributed by atoms with van der Waals surface area (Å²) in [7, 11) is 0. The summed E-state index contributed by atoms with van der Waals surface area (Å²) >= 11 is 1.98. The van der Waals surface area contributed by atoms with Crippen molar-refractivity contribution in [1.29, 1.82) is 0 Å². The van der Waals surface area contributed by atoms with Crippen molar-refractivity contribution in [3.05, 3.63) is 0 Å². The van der Waals surface area contributed by atoms with Crippen molar-refractivity contribution in [3.8, 4) is 0 Å². The summed E-state index contributed by atoms with van der Waals surface area (Å²) in [5.74, 6) is 0.411. The topological polar surface area (TPSA) is 70.6 Å². The molecular weight excluding hydrogens is 222 g/mol. The average Bonchev–Trinajstić information content (AvgIpc) is 2.35. The fourth-order valence-corrected chi connectivity index (χ4v) is 2.79. The Balaban J connectivity index is 2.19. The lowest BCUT2D eigenvalue weighted by Gasteiger charge is -2.28. The molecular formula is C11H23N3OS. The minimum Gasteiger partial charge on any atom is -0.409 e. The Bertz CT molecular complexity index is 227. The van der Waals surface area contributed by atoms with Crippen LogP contribution in [-0.4, -0.2) is 35.1 Å². The van der Waals surface area contributed by atoms with Crippen molar-refractivity contribution >= 4 is 17.6 Å². The molecule has 1 rings (SSSR count). The fourth-order valence-electron chi connectivity index (χ4n) is 2.05. The predicted molar refractivity (Wildman–Crippen MR) is 70.1 cm³/mol. The van der Waals surface area contributed by atoms with E-state index in [2.05, 4.69) is 16.7 Å². The first-order valence-electron chi connectivity index (χ1n) is 5.91. The summed E-state index contributed by atoms with van der Waals surface area (Å²) in [4.78, 5) is 0. The number of rotatable bonds is 5. The third-order valence-electron chi connectivity index (χ3n) is 3.34. The highest BCUT2D eigenvalue weighted by molar-refractivity contribution is 7.99. The van der Waals surface area contributed by atoms with Gasteiger partial charge in [-0.3, -0.25) is 0 Å². The summed E-state index contributed by atoms with van der Waals surface area (Å²) in [6.45, 7) is 2.76. The molecule has 5 heteroatoms. The van der Waals surface area contributed by atoms with Crippen molar-refractivity contribution in [2.45, 2.75) is 43.9 Å². The zero-order chi connectivity index (χ0) is 12.0. The van der Waals surface area contributed by atoms with E-state index in [-0.39, 0.29) is 5.92 Å². The average molecular weight is 245 g/mol. The van der Waals surface area contributed by atoms with Gasteiger partial charge in [-0.25, -0.2) is 0 Å². The molecule has 0 spiro atoms. The van der Waals surface area contributed by atoms with Crippen LogP contribution in [0.25, 0.3) is 0 Å². The Morgan fingerprint density at radius 3 is 2.62 bits per heavy atom. The van der Waals surface area contributed by atoms with Crippen LogP contribution in [0.2, 0.25) is 0 Å². The number of nitrogens with zero attached hydrogens (tertiary/aromatic N) is 1. The molecule has 0 bridgehead atoms. The van der Waals surface area contributed by atoms with Crippen molar-refractivity contribution in [1.82, 2.24) is 5.32 Å². The third-order valence-corrected chi connectivity index (χ3v) is 4.48. The SMILES string of the molecule is CSC1CCC(NCC(C)C(N)=NO)CC1. The molecule has 94 valence electrons. The number of hydrogen-bond acceptors (Lipinski definition) is 4. The van der Waals surface area contributed by atoms with Crippen LogP contribution in [0, 0.1) is 5.92 Å². The Kier molecular flexibility index (Phi) is 5.98. The van der Waals surface area contributed by atoms with Gasteiger partial charge in [-0.2, -0.15) is 11.8 Å². The number of nitrogens with two attached hydrogens (primary N) is 1. The molecule has 4 N–H and O–H groups in total. The number of nitrogens with one attached hydrogen (secondary N) is 1. The van der Waals surface area contributed by atoms with E-state index in [1.54, 1.807) is 0 Å². The molecule has 1 unspecified atom stereocenters. The van der Waals surface area contributed by atoms with Gasteiger partial charge in [-0.1, -0.05) is 12.1 Å². The minimum atomic E-state index is 0.100. The predicted octanol–water partition coefficient (Wildman–Crippen LogP) is 1.63. The molecule has 16 heavy (non-hydrogen) atoms. The maximum Gasteiger partial charge on any atom is 0.143 e. The minimum absolute atomic E-state index is 0.100.